The van der Waals surface area contributed by atoms with Gasteiger partial charge >= 0.3 is 11.9 Å². The molecule has 2 heterocycles. The minimum absolute atomic E-state index is 0.0848. The van der Waals surface area contributed by atoms with Crippen LogP contribution in [-0.4, -0.2) is 50.6 Å². The molecule has 2 fully saturated rings. The molecule has 2 saturated heterocycles. The second-order valence-electron chi connectivity index (χ2n) is 7.54. The molecule has 0 N–H and O–H groups in total. The summed E-state index contributed by atoms with van der Waals surface area (Å²) in [7, 11) is 0. The molecule has 0 amide bonds. The third-order valence-electron chi connectivity index (χ3n) is 5.01. The van der Waals surface area contributed by atoms with Crippen LogP contribution in [0.3, 0.4) is 0 Å². The van der Waals surface area contributed by atoms with E-state index in [2.05, 4.69) is 0 Å². The lowest BCUT2D eigenvalue weighted by Crippen LogP contribution is -2.36. The van der Waals surface area contributed by atoms with Gasteiger partial charge in [0.25, 0.3) is 0 Å². The molecule has 0 unspecified atom stereocenters. The Morgan fingerprint density at radius 1 is 0.625 bits per heavy atom. The van der Waals surface area contributed by atoms with Gasteiger partial charge in [0.05, 0.1) is 39.3 Å². The van der Waals surface area contributed by atoms with Crippen molar-refractivity contribution in [2.24, 2.45) is 0 Å². The topological polar surface area (TPSA) is 89.5 Å². The Bertz CT molecular complexity index is 783. The van der Waals surface area contributed by atoms with Crippen molar-refractivity contribution in [2.75, 3.05) is 26.4 Å². The number of benzene rings is 2. The Hall–Kier alpha value is -2.78. The van der Waals surface area contributed by atoms with E-state index in [1.165, 1.54) is 0 Å². The monoisotopic (exact) mass is 442 g/mol. The molecule has 2 aromatic rings. The van der Waals surface area contributed by atoms with E-state index in [1.54, 1.807) is 0 Å². The lowest BCUT2D eigenvalue weighted by atomic mass is 10.2. The normalized spacial score (nSPS) is 25.6. The van der Waals surface area contributed by atoms with Gasteiger partial charge in [-0.25, -0.2) is 0 Å². The molecule has 0 spiro atoms. The van der Waals surface area contributed by atoms with Crippen molar-refractivity contribution in [3.63, 3.8) is 0 Å². The Balaban J connectivity index is 1.11. The third-order valence-corrected chi connectivity index (χ3v) is 5.01. The van der Waals surface area contributed by atoms with Gasteiger partial charge in [-0.1, -0.05) is 60.7 Å². The van der Waals surface area contributed by atoms with E-state index in [-0.39, 0.29) is 39.3 Å². The first-order valence-electron chi connectivity index (χ1n) is 10.6. The number of rotatable bonds is 7. The number of ether oxygens (including phenoxy) is 6. The second kappa shape index (κ2) is 11.2. The maximum Gasteiger partial charge on any atom is 0.306 e. The molecule has 0 aliphatic carbocycles. The smallest absolute Gasteiger partial charge is 0.306 e. The SMILES string of the molecule is O=C(CCC(=O)O[C@H]1CO[C@@H](c2ccccc2)OC1)O[C@H]1CO[C@@H](c2ccccc2)OC1. The van der Waals surface area contributed by atoms with Gasteiger partial charge in [-0.3, -0.25) is 9.59 Å². The van der Waals surface area contributed by atoms with Gasteiger partial charge < -0.3 is 28.4 Å². The van der Waals surface area contributed by atoms with Gasteiger partial charge in [-0.15, -0.1) is 0 Å². The molecule has 8 nitrogen and oxygen atoms in total. The van der Waals surface area contributed by atoms with Crippen LogP contribution in [0.1, 0.15) is 36.5 Å². The Morgan fingerprint density at radius 2 is 0.969 bits per heavy atom. The maximum absolute atomic E-state index is 12.1. The van der Waals surface area contributed by atoms with Gasteiger partial charge in [0, 0.05) is 11.1 Å². The zero-order chi connectivity index (χ0) is 22.2. The molecule has 8 heteroatoms. The number of carbonyl (C=O) groups excluding carboxylic acids is 2. The number of esters is 2. The third kappa shape index (κ3) is 6.37. The van der Waals surface area contributed by atoms with Crippen LogP contribution in [0.4, 0.5) is 0 Å². The van der Waals surface area contributed by atoms with Crippen molar-refractivity contribution < 1.29 is 38.0 Å². The average molecular weight is 442 g/mol. The Kier molecular flexibility index (Phi) is 7.84. The van der Waals surface area contributed by atoms with Crippen LogP contribution in [0, 0.1) is 0 Å². The molecule has 0 aromatic heterocycles. The summed E-state index contributed by atoms with van der Waals surface area (Å²) in [5.41, 5.74) is 1.82. The van der Waals surface area contributed by atoms with Crippen LogP contribution in [0.5, 0.6) is 0 Å². The van der Waals surface area contributed by atoms with Crippen LogP contribution in [0.2, 0.25) is 0 Å². The van der Waals surface area contributed by atoms with Gasteiger partial charge in [0.1, 0.15) is 12.2 Å². The van der Waals surface area contributed by atoms with Gasteiger partial charge in [0.15, 0.2) is 12.6 Å². The fourth-order valence-corrected chi connectivity index (χ4v) is 3.41. The molecule has 2 aromatic carbocycles. The van der Waals surface area contributed by atoms with Crippen molar-refractivity contribution in [3.8, 4) is 0 Å². The van der Waals surface area contributed by atoms with E-state index in [0.717, 1.165) is 11.1 Å². The van der Waals surface area contributed by atoms with E-state index in [4.69, 9.17) is 28.4 Å². The highest BCUT2D eigenvalue weighted by atomic mass is 16.7. The number of hydrogen-bond donors (Lipinski definition) is 0. The lowest BCUT2D eigenvalue weighted by Gasteiger charge is -2.29. The molecule has 2 aliphatic heterocycles. The molecular formula is C24H26O8. The van der Waals surface area contributed by atoms with Crippen LogP contribution in [0.25, 0.3) is 0 Å². The molecule has 0 radical (unpaired) electrons. The molecule has 2 aliphatic rings. The van der Waals surface area contributed by atoms with Crippen molar-refractivity contribution in [1.82, 2.24) is 0 Å². The summed E-state index contributed by atoms with van der Waals surface area (Å²) in [4.78, 5) is 24.1. The molecule has 0 bridgehead atoms. The van der Waals surface area contributed by atoms with Crippen LogP contribution >= 0.6 is 0 Å². The van der Waals surface area contributed by atoms with Crippen molar-refractivity contribution in [2.45, 2.75) is 37.6 Å². The molecule has 170 valence electrons. The Labute approximate surface area is 186 Å². The molecular weight excluding hydrogens is 416 g/mol. The highest BCUT2D eigenvalue weighted by Gasteiger charge is 2.28. The first kappa shape index (κ1) is 22.4. The maximum atomic E-state index is 12.1. The molecule has 32 heavy (non-hydrogen) atoms. The van der Waals surface area contributed by atoms with Gasteiger partial charge in [-0.2, -0.15) is 0 Å². The van der Waals surface area contributed by atoms with E-state index in [0.29, 0.717) is 0 Å². The molecule has 0 atom stereocenters. The van der Waals surface area contributed by atoms with E-state index in [1.807, 2.05) is 60.7 Å². The standard InChI is InChI=1S/C24H26O8/c25-21(31-19-13-27-23(28-14-19)17-7-3-1-4-8-17)11-12-22(26)32-20-15-29-24(30-16-20)18-9-5-2-6-10-18/h1-10,19-20,23-24H,11-16H2/t19-,20-,23+,24+. The average Bonchev–Trinajstić information content (AvgIpc) is 2.85. The first-order valence-corrected chi connectivity index (χ1v) is 10.6. The predicted molar refractivity (Wildman–Crippen MR) is 111 cm³/mol. The van der Waals surface area contributed by atoms with Crippen LogP contribution in [-0.2, 0) is 38.0 Å². The van der Waals surface area contributed by atoms with E-state index >= 15 is 0 Å². The van der Waals surface area contributed by atoms with Crippen molar-refractivity contribution in [3.05, 3.63) is 71.8 Å². The minimum atomic E-state index is -0.506. The highest BCUT2D eigenvalue weighted by Crippen LogP contribution is 2.25. The minimum Gasteiger partial charge on any atom is -0.457 e. The zero-order valence-corrected chi connectivity index (χ0v) is 17.6. The summed E-state index contributed by atoms with van der Waals surface area (Å²) in [5.74, 6) is -1.00. The van der Waals surface area contributed by atoms with Crippen LogP contribution in [0.15, 0.2) is 60.7 Å². The van der Waals surface area contributed by atoms with Gasteiger partial charge in [-0.05, 0) is 0 Å². The van der Waals surface area contributed by atoms with Crippen LogP contribution < -0.4 is 0 Å². The quantitative estimate of drug-likeness (QED) is 0.605. The fraction of sp³-hybridized carbons (Fsp3) is 0.417. The lowest BCUT2D eigenvalue weighted by molar-refractivity contribution is -0.231. The summed E-state index contributed by atoms with van der Waals surface area (Å²) in [6.07, 6.45) is -2.12. The summed E-state index contributed by atoms with van der Waals surface area (Å²) in [6, 6.07) is 19.1. The summed E-state index contributed by atoms with van der Waals surface area (Å²) in [5, 5.41) is 0. The highest BCUT2D eigenvalue weighted by molar-refractivity contribution is 5.77. The van der Waals surface area contributed by atoms with E-state index in [9.17, 15) is 9.59 Å². The predicted octanol–water partition coefficient (Wildman–Crippen LogP) is 3.08. The largest absolute Gasteiger partial charge is 0.457 e. The zero-order valence-electron chi connectivity index (χ0n) is 17.6. The Morgan fingerprint density at radius 3 is 1.31 bits per heavy atom. The summed E-state index contributed by atoms with van der Waals surface area (Å²) < 4.78 is 33.2. The second-order valence-corrected chi connectivity index (χ2v) is 7.54. The van der Waals surface area contributed by atoms with Crippen molar-refractivity contribution in [1.29, 1.82) is 0 Å². The number of carbonyl (C=O) groups is 2. The summed E-state index contributed by atoms with van der Waals surface area (Å²) in [6.45, 7) is 0.925. The molecule has 4 rings (SSSR count). The number of hydrogen-bond acceptors (Lipinski definition) is 8. The molecule has 0 saturated carbocycles. The van der Waals surface area contributed by atoms with E-state index < -0.39 is 36.7 Å². The fourth-order valence-electron chi connectivity index (χ4n) is 3.41. The van der Waals surface area contributed by atoms with Gasteiger partial charge in [0.2, 0.25) is 0 Å². The summed E-state index contributed by atoms with van der Waals surface area (Å²) >= 11 is 0. The van der Waals surface area contributed by atoms with Crippen molar-refractivity contribution >= 4 is 11.9 Å². The first-order chi connectivity index (χ1) is 15.7.